The second-order valence-corrected chi connectivity index (χ2v) is 4.98. The van der Waals surface area contributed by atoms with Gasteiger partial charge in [0.15, 0.2) is 0 Å². The van der Waals surface area contributed by atoms with Crippen LogP contribution in [0.3, 0.4) is 0 Å². The molecule has 1 saturated heterocycles. The molecule has 2 rings (SSSR count). The molecule has 100 valence electrons. The zero-order chi connectivity index (χ0) is 13.0. The zero-order valence-electron chi connectivity index (χ0n) is 11.1. The number of likely N-dealkylation sites (N-methyl/N-ethyl adjacent to an activating group) is 1. The lowest BCUT2D eigenvalue weighted by Crippen LogP contribution is -2.49. The molecule has 1 amide bonds. The van der Waals surface area contributed by atoms with Crippen molar-refractivity contribution in [3.8, 4) is 0 Å². The van der Waals surface area contributed by atoms with Gasteiger partial charge in [-0.1, -0.05) is 0 Å². The van der Waals surface area contributed by atoms with E-state index in [4.69, 9.17) is 0 Å². The molecule has 1 aliphatic heterocycles. The Bertz CT molecular complexity index is 401. The van der Waals surface area contributed by atoms with Crippen LogP contribution in [-0.4, -0.2) is 34.8 Å². The molecule has 1 aliphatic rings. The topological polar surface area (TPSA) is 59.0 Å². The molecule has 18 heavy (non-hydrogen) atoms. The van der Waals surface area contributed by atoms with Crippen molar-refractivity contribution in [2.24, 2.45) is 13.0 Å². The maximum atomic E-state index is 11.8. The largest absolute Gasteiger partial charge is 0.355 e. The third-order valence-electron chi connectivity index (χ3n) is 3.45. The lowest BCUT2D eigenvalue weighted by atomic mass is 9.88. The maximum Gasteiger partial charge on any atom is 0.237 e. The van der Waals surface area contributed by atoms with Gasteiger partial charge in [-0.3, -0.25) is 9.48 Å². The minimum atomic E-state index is -0.0348. The molecule has 1 aromatic heterocycles. The highest BCUT2D eigenvalue weighted by Crippen LogP contribution is 2.20. The molecule has 1 aromatic rings. The Morgan fingerprint density at radius 2 is 2.50 bits per heavy atom. The number of piperidine rings is 1. The van der Waals surface area contributed by atoms with E-state index in [2.05, 4.69) is 21.8 Å². The summed E-state index contributed by atoms with van der Waals surface area (Å²) in [5, 5.41) is 10.6. The predicted octanol–water partition coefficient (Wildman–Crippen LogP) is 0.467. The fraction of sp³-hybridized carbons (Fsp3) is 0.692. The number of nitrogens with zero attached hydrogens (tertiary/aromatic N) is 2. The van der Waals surface area contributed by atoms with E-state index < -0.39 is 0 Å². The highest BCUT2D eigenvalue weighted by Gasteiger charge is 2.26. The van der Waals surface area contributed by atoms with Crippen molar-refractivity contribution in [2.45, 2.75) is 32.2 Å². The average Bonchev–Trinajstić information content (AvgIpc) is 2.75. The fourth-order valence-electron chi connectivity index (χ4n) is 2.55. The molecule has 2 unspecified atom stereocenters. The summed E-state index contributed by atoms with van der Waals surface area (Å²) in [5.74, 6) is 0.678. The highest BCUT2D eigenvalue weighted by molar-refractivity contribution is 5.81. The number of aromatic nitrogens is 2. The Morgan fingerprint density at radius 3 is 3.17 bits per heavy atom. The van der Waals surface area contributed by atoms with Crippen LogP contribution >= 0.6 is 0 Å². The molecule has 1 fully saturated rings. The van der Waals surface area contributed by atoms with Crippen molar-refractivity contribution in [3.05, 3.63) is 18.0 Å². The van der Waals surface area contributed by atoms with Crippen LogP contribution in [0.15, 0.2) is 12.3 Å². The minimum absolute atomic E-state index is 0.0348. The van der Waals surface area contributed by atoms with Crippen LogP contribution in [0, 0.1) is 5.92 Å². The molecule has 2 heterocycles. The molecule has 0 saturated carbocycles. The van der Waals surface area contributed by atoms with Gasteiger partial charge in [-0.15, -0.1) is 0 Å². The average molecular weight is 250 g/mol. The fourth-order valence-corrected chi connectivity index (χ4v) is 2.55. The van der Waals surface area contributed by atoms with Gasteiger partial charge in [0, 0.05) is 19.8 Å². The molecule has 0 radical (unpaired) electrons. The molecule has 0 aromatic carbocycles. The van der Waals surface area contributed by atoms with Crippen LogP contribution < -0.4 is 10.6 Å². The monoisotopic (exact) mass is 250 g/mol. The van der Waals surface area contributed by atoms with E-state index >= 15 is 0 Å². The highest BCUT2D eigenvalue weighted by atomic mass is 16.2. The smallest absolute Gasteiger partial charge is 0.237 e. The third-order valence-corrected chi connectivity index (χ3v) is 3.45. The van der Waals surface area contributed by atoms with Crippen molar-refractivity contribution in [1.29, 1.82) is 0 Å². The first kappa shape index (κ1) is 13.1. The first-order chi connectivity index (χ1) is 8.69. The molecule has 2 N–H and O–H groups in total. The van der Waals surface area contributed by atoms with E-state index in [-0.39, 0.29) is 11.9 Å². The number of nitrogens with one attached hydrogen (secondary N) is 2. The van der Waals surface area contributed by atoms with Gasteiger partial charge in [-0.05, 0) is 44.7 Å². The van der Waals surface area contributed by atoms with Crippen molar-refractivity contribution in [1.82, 2.24) is 20.4 Å². The minimum Gasteiger partial charge on any atom is -0.355 e. The number of carbonyl (C=O) groups excluding carboxylic acids is 1. The molecular formula is C13H22N4O. The van der Waals surface area contributed by atoms with Gasteiger partial charge in [0.25, 0.3) is 0 Å². The standard InChI is InChI=1S/C13H22N4O/c1-3-14-13(18)12-9-10(4-6-15-12)8-11-5-7-17(2)16-11/h5,7,10,12,15H,3-4,6,8-9H2,1-2H3,(H,14,18). The lowest BCUT2D eigenvalue weighted by molar-refractivity contribution is -0.123. The SMILES string of the molecule is CCNC(=O)C1CC(Cc2ccn(C)n2)CCN1. The van der Waals surface area contributed by atoms with Crippen LogP contribution in [0.1, 0.15) is 25.5 Å². The van der Waals surface area contributed by atoms with Crippen LogP contribution in [-0.2, 0) is 18.3 Å². The summed E-state index contributed by atoms with van der Waals surface area (Å²) in [7, 11) is 1.93. The summed E-state index contributed by atoms with van der Waals surface area (Å²) < 4.78 is 1.83. The van der Waals surface area contributed by atoms with Crippen molar-refractivity contribution in [3.63, 3.8) is 0 Å². The van der Waals surface area contributed by atoms with E-state index in [1.807, 2.05) is 24.9 Å². The van der Waals surface area contributed by atoms with E-state index in [0.29, 0.717) is 12.5 Å². The van der Waals surface area contributed by atoms with Crippen molar-refractivity contribution < 1.29 is 4.79 Å². The number of amides is 1. The first-order valence-corrected chi connectivity index (χ1v) is 6.68. The molecular weight excluding hydrogens is 228 g/mol. The van der Waals surface area contributed by atoms with Crippen LogP contribution in [0.25, 0.3) is 0 Å². The van der Waals surface area contributed by atoms with E-state index in [1.54, 1.807) is 0 Å². The van der Waals surface area contributed by atoms with Gasteiger partial charge < -0.3 is 10.6 Å². The van der Waals surface area contributed by atoms with Crippen LogP contribution in [0.5, 0.6) is 0 Å². The van der Waals surface area contributed by atoms with Gasteiger partial charge in [-0.25, -0.2) is 0 Å². The summed E-state index contributed by atoms with van der Waals surface area (Å²) in [6, 6.07) is 2.02. The molecule has 5 nitrogen and oxygen atoms in total. The van der Waals surface area contributed by atoms with Gasteiger partial charge in [0.05, 0.1) is 11.7 Å². The number of hydrogen-bond donors (Lipinski definition) is 2. The Morgan fingerprint density at radius 1 is 1.67 bits per heavy atom. The Balaban J connectivity index is 1.88. The normalized spacial score (nSPS) is 23.9. The van der Waals surface area contributed by atoms with E-state index in [9.17, 15) is 4.79 Å². The Labute approximate surface area is 108 Å². The Hall–Kier alpha value is -1.36. The van der Waals surface area contributed by atoms with Gasteiger partial charge in [0.2, 0.25) is 5.91 Å². The predicted molar refractivity (Wildman–Crippen MR) is 70.1 cm³/mol. The second-order valence-electron chi connectivity index (χ2n) is 4.98. The quantitative estimate of drug-likeness (QED) is 0.816. The maximum absolute atomic E-state index is 11.8. The second kappa shape index (κ2) is 6.00. The summed E-state index contributed by atoms with van der Waals surface area (Å²) in [6.45, 7) is 3.56. The van der Waals surface area contributed by atoms with Crippen molar-refractivity contribution in [2.75, 3.05) is 13.1 Å². The zero-order valence-corrected chi connectivity index (χ0v) is 11.1. The van der Waals surface area contributed by atoms with Crippen LogP contribution in [0.4, 0.5) is 0 Å². The third kappa shape index (κ3) is 3.32. The number of aryl methyl sites for hydroxylation is 1. The van der Waals surface area contributed by atoms with E-state index in [0.717, 1.165) is 31.5 Å². The molecule has 0 bridgehead atoms. The first-order valence-electron chi connectivity index (χ1n) is 6.68. The molecule has 0 spiro atoms. The summed E-state index contributed by atoms with van der Waals surface area (Å²) >= 11 is 0. The number of carbonyl (C=O) groups is 1. The molecule has 2 atom stereocenters. The molecule has 0 aliphatic carbocycles. The van der Waals surface area contributed by atoms with Crippen molar-refractivity contribution >= 4 is 5.91 Å². The summed E-state index contributed by atoms with van der Waals surface area (Å²) in [5.41, 5.74) is 1.12. The lowest BCUT2D eigenvalue weighted by Gasteiger charge is -2.29. The number of hydrogen-bond acceptors (Lipinski definition) is 3. The van der Waals surface area contributed by atoms with Crippen LogP contribution in [0.2, 0.25) is 0 Å². The Kier molecular flexibility index (Phi) is 4.36. The summed E-state index contributed by atoms with van der Waals surface area (Å²) in [4.78, 5) is 11.8. The van der Waals surface area contributed by atoms with Gasteiger partial charge in [-0.2, -0.15) is 5.10 Å². The van der Waals surface area contributed by atoms with Gasteiger partial charge in [0.1, 0.15) is 0 Å². The number of rotatable bonds is 4. The summed E-state index contributed by atoms with van der Waals surface area (Å²) in [6.07, 6.45) is 4.96. The molecule has 5 heteroatoms. The van der Waals surface area contributed by atoms with E-state index in [1.165, 1.54) is 0 Å². The van der Waals surface area contributed by atoms with Gasteiger partial charge >= 0.3 is 0 Å².